The normalized spacial score (nSPS) is 11.8. The van der Waals surface area contributed by atoms with E-state index in [1.54, 1.807) is 18.6 Å². The van der Waals surface area contributed by atoms with E-state index in [-0.39, 0.29) is 17.9 Å². The van der Waals surface area contributed by atoms with Gasteiger partial charge in [-0.2, -0.15) is 0 Å². The van der Waals surface area contributed by atoms with Gasteiger partial charge in [0.25, 0.3) is 5.91 Å². The Morgan fingerprint density at radius 3 is 2.55 bits per heavy atom. The molecule has 0 bridgehead atoms. The first-order chi connectivity index (χ1) is 15.9. The van der Waals surface area contributed by atoms with E-state index in [9.17, 15) is 9.59 Å². The molecule has 0 saturated heterocycles. The van der Waals surface area contributed by atoms with Gasteiger partial charge < -0.3 is 15.6 Å². The van der Waals surface area contributed by atoms with E-state index in [0.29, 0.717) is 23.6 Å². The van der Waals surface area contributed by atoms with Crippen LogP contribution in [0, 0.1) is 0 Å². The van der Waals surface area contributed by atoms with Gasteiger partial charge in [-0.1, -0.05) is 41.9 Å². The maximum Gasteiger partial charge on any atom is 0.253 e. The van der Waals surface area contributed by atoms with E-state index in [0.717, 1.165) is 33.2 Å². The summed E-state index contributed by atoms with van der Waals surface area (Å²) in [5, 5.41) is 7.43. The number of H-pyrrole nitrogens is 1. The number of aromatic amines is 1. The van der Waals surface area contributed by atoms with Crippen LogP contribution >= 0.6 is 11.6 Å². The van der Waals surface area contributed by atoms with Crippen molar-refractivity contribution in [3.8, 4) is 0 Å². The molecule has 0 saturated carbocycles. The predicted octanol–water partition coefficient (Wildman–Crippen LogP) is 4.93. The molecule has 2 aromatic carbocycles. The fraction of sp³-hybridized carbons (Fsp3) is 0.192. The van der Waals surface area contributed by atoms with Crippen LogP contribution in [0.1, 0.15) is 52.5 Å². The molecular weight excluding hydrogens is 436 g/mol. The van der Waals surface area contributed by atoms with Crippen molar-refractivity contribution in [3.05, 3.63) is 100.0 Å². The molecule has 168 valence electrons. The Morgan fingerprint density at radius 1 is 1.03 bits per heavy atom. The summed E-state index contributed by atoms with van der Waals surface area (Å²) in [6, 6.07) is 15.8. The molecule has 2 aromatic heterocycles. The molecule has 0 fully saturated rings. The number of fused-ring (bicyclic) bond motifs is 1. The maximum atomic E-state index is 12.7. The largest absolute Gasteiger partial charge is 0.360 e. The highest BCUT2D eigenvalue weighted by molar-refractivity contribution is 6.35. The molecule has 7 heteroatoms. The number of hydrogen-bond acceptors (Lipinski definition) is 3. The minimum atomic E-state index is -0.177. The molecule has 0 aliphatic rings. The first kappa shape index (κ1) is 22.6. The standard InChI is InChI=1S/C26H25ClN4O2/c1-16(31-17(2)32)21-6-3-18(4-7-21)9-20-10-22(14-28-12-20)26(33)30-13-19-5-8-25-23(11-19)24(27)15-29-25/h3-8,10-12,14-16,29H,9,13H2,1-2H3,(H,30,33)(H,31,32)/t16-/m1/s1. The van der Waals surface area contributed by atoms with Gasteiger partial charge in [0.1, 0.15) is 0 Å². The Balaban J connectivity index is 1.39. The van der Waals surface area contributed by atoms with Gasteiger partial charge >= 0.3 is 0 Å². The van der Waals surface area contributed by atoms with Crippen molar-refractivity contribution in [1.29, 1.82) is 0 Å². The highest BCUT2D eigenvalue weighted by Crippen LogP contribution is 2.24. The van der Waals surface area contributed by atoms with Crippen LogP contribution in [-0.4, -0.2) is 21.8 Å². The van der Waals surface area contributed by atoms with Gasteiger partial charge in [-0.3, -0.25) is 14.6 Å². The second kappa shape index (κ2) is 9.88. The van der Waals surface area contributed by atoms with E-state index in [1.165, 1.54) is 6.92 Å². The van der Waals surface area contributed by atoms with Crippen molar-refractivity contribution in [2.24, 2.45) is 0 Å². The van der Waals surface area contributed by atoms with Crippen molar-refractivity contribution in [3.63, 3.8) is 0 Å². The first-order valence-corrected chi connectivity index (χ1v) is 11.1. The van der Waals surface area contributed by atoms with Gasteiger partial charge in [0.2, 0.25) is 5.91 Å². The quantitative estimate of drug-likeness (QED) is 0.365. The first-order valence-electron chi connectivity index (χ1n) is 10.7. The Morgan fingerprint density at radius 2 is 1.79 bits per heavy atom. The lowest BCUT2D eigenvalue weighted by atomic mass is 10.0. The minimum absolute atomic E-state index is 0.0424. The summed E-state index contributed by atoms with van der Waals surface area (Å²) >= 11 is 6.19. The van der Waals surface area contributed by atoms with Crippen LogP contribution in [-0.2, 0) is 17.8 Å². The molecule has 0 aliphatic carbocycles. The summed E-state index contributed by atoms with van der Waals surface area (Å²) in [6.45, 7) is 3.86. The van der Waals surface area contributed by atoms with Crippen molar-refractivity contribution < 1.29 is 9.59 Å². The zero-order chi connectivity index (χ0) is 23.4. The molecule has 2 amide bonds. The Hall–Kier alpha value is -3.64. The number of carbonyl (C=O) groups is 2. The van der Waals surface area contributed by atoms with Crippen LogP contribution in [0.2, 0.25) is 5.02 Å². The zero-order valence-electron chi connectivity index (χ0n) is 18.5. The lowest BCUT2D eigenvalue weighted by molar-refractivity contribution is -0.119. The van der Waals surface area contributed by atoms with Gasteiger partial charge in [0, 0.05) is 43.0 Å². The Labute approximate surface area is 197 Å². The zero-order valence-corrected chi connectivity index (χ0v) is 19.2. The van der Waals surface area contributed by atoms with E-state index in [4.69, 9.17) is 11.6 Å². The highest BCUT2D eigenvalue weighted by atomic mass is 35.5. The average molecular weight is 461 g/mol. The third-order valence-electron chi connectivity index (χ3n) is 5.51. The number of hydrogen-bond donors (Lipinski definition) is 3. The number of nitrogens with one attached hydrogen (secondary N) is 3. The number of carbonyl (C=O) groups excluding carboxylic acids is 2. The number of benzene rings is 2. The number of amides is 2. The molecule has 3 N–H and O–H groups in total. The van der Waals surface area contributed by atoms with E-state index in [2.05, 4.69) is 20.6 Å². The molecule has 2 heterocycles. The summed E-state index contributed by atoms with van der Waals surface area (Å²) < 4.78 is 0. The number of rotatable bonds is 7. The van der Waals surface area contributed by atoms with Crippen molar-refractivity contribution in [1.82, 2.24) is 20.6 Å². The number of pyridine rings is 1. The van der Waals surface area contributed by atoms with Gasteiger partial charge in [0.05, 0.1) is 16.6 Å². The highest BCUT2D eigenvalue weighted by Gasteiger charge is 2.10. The smallest absolute Gasteiger partial charge is 0.253 e. The fourth-order valence-corrected chi connectivity index (χ4v) is 4.00. The Kier molecular flexibility index (Phi) is 6.75. The van der Waals surface area contributed by atoms with Gasteiger partial charge in [-0.05, 0) is 53.8 Å². The second-order valence-corrected chi connectivity index (χ2v) is 8.53. The number of halogens is 1. The SMILES string of the molecule is CC(=O)N[C@H](C)c1ccc(Cc2cncc(C(=O)NCc3ccc4[nH]cc(Cl)c4c3)c2)cc1. The third-order valence-corrected chi connectivity index (χ3v) is 5.83. The molecule has 0 radical (unpaired) electrons. The van der Waals surface area contributed by atoms with E-state index >= 15 is 0 Å². The van der Waals surface area contributed by atoms with Crippen LogP contribution in [0.25, 0.3) is 10.9 Å². The summed E-state index contributed by atoms with van der Waals surface area (Å²) in [5.74, 6) is -0.231. The van der Waals surface area contributed by atoms with Crippen molar-refractivity contribution >= 4 is 34.3 Å². The predicted molar refractivity (Wildman–Crippen MR) is 130 cm³/mol. The van der Waals surface area contributed by atoms with Gasteiger partial charge in [-0.15, -0.1) is 0 Å². The minimum Gasteiger partial charge on any atom is -0.360 e. The lowest BCUT2D eigenvalue weighted by Crippen LogP contribution is -2.23. The van der Waals surface area contributed by atoms with Crippen molar-refractivity contribution in [2.45, 2.75) is 32.9 Å². The van der Waals surface area contributed by atoms with E-state index in [1.807, 2.05) is 55.5 Å². The molecule has 4 rings (SSSR count). The van der Waals surface area contributed by atoms with Crippen LogP contribution in [0.4, 0.5) is 0 Å². The molecule has 0 unspecified atom stereocenters. The molecule has 1 atom stereocenters. The number of nitrogens with zero attached hydrogens (tertiary/aromatic N) is 1. The maximum absolute atomic E-state index is 12.7. The summed E-state index contributed by atoms with van der Waals surface area (Å²) in [7, 11) is 0. The summed E-state index contributed by atoms with van der Waals surface area (Å²) in [6.07, 6.45) is 5.75. The monoisotopic (exact) mass is 460 g/mol. The third kappa shape index (κ3) is 5.59. The van der Waals surface area contributed by atoms with Crippen LogP contribution in [0.3, 0.4) is 0 Å². The molecule has 0 aliphatic heterocycles. The number of aromatic nitrogens is 2. The average Bonchev–Trinajstić information content (AvgIpc) is 3.18. The summed E-state index contributed by atoms with van der Waals surface area (Å²) in [4.78, 5) is 31.3. The second-order valence-electron chi connectivity index (χ2n) is 8.12. The summed E-state index contributed by atoms with van der Waals surface area (Å²) in [5.41, 5.74) is 5.54. The fourth-order valence-electron chi connectivity index (χ4n) is 3.78. The van der Waals surface area contributed by atoms with Crippen LogP contribution < -0.4 is 10.6 Å². The van der Waals surface area contributed by atoms with Gasteiger partial charge in [-0.25, -0.2) is 0 Å². The lowest BCUT2D eigenvalue weighted by Gasteiger charge is -2.13. The molecule has 0 spiro atoms. The molecule has 33 heavy (non-hydrogen) atoms. The van der Waals surface area contributed by atoms with E-state index < -0.39 is 0 Å². The molecule has 4 aromatic rings. The molecule has 6 nitrogen and oxygen atoms in total. The van der Waals surface area contributed by atoms with Gasteiger partial charge in [0.15, 0.2) is 0 Å². The molecular formula is C26H25ClN4O2. The Bertz CT molecular complexity index is 1300. The topological polar surface area (TPSA) is 86.9 Å². The van der Waals surface area contributed by atoms with Crippen LogP contribution in [0.5, 0.6) is 0 Å². The van der Waals surface area contributed by atoms with Crippen molar-refractivity contribution in [2.75, 3.05) is 0 Å². The van der Waals surface area contributed by atoms with Crippen LogP contribution in [0.15, 0.2) is 67.1 Å².